The molecule has 4 nitrogen and oxygen atoms in total. The number of para-hydroxylation sites is 4. The molecule has 10 aromatic rings. The van der Waals surface area contributed by atoms with E-state index in [1.807, 2.05) is 30.3 Å². The molecule has 0 spiro atoms. The van der Waals surface area contributed by atoms with Gasteiger partial charge in [-0.2, -0.15) is 0 Å². The first-order valence-electron chi connectivity index (χ1n) is 16.5. The molecule has 0 aliphatic heterocycles. The number of hydrogen-bond acceptors (Lipinski definition) is 3. The molecule has 4 heteroatoms. The zero-order valence-corrected chi connectivity index (χ0v) is 26.5. The summed E-state index contributed by atoms with van der Waals surface area (Å²) in [6.07, 6.45) is 0. The SMILES string of the molecule is c1ccc(-c2nc(-c3ccc(-c4nc5ccccc5c5c4ccc4c5c5ccccc5n4-c4ccccc4)cc3)c3ccccc3n2)cc1. The van der Waals surface area contributed by atoms with E-state index >= 15 is 0 Å². The van der Waals surface area contributed by atoms with Crippen LogP contribution in [0, 0.1) is 0 Å². The highest BCUT2D eigenvalue weighted by molar-refractivity contribution is 6.29. The molecule has 0 saturated carbocycles. The predicted molar refractivity (Wildman–Crippen MR) is 203 cm³/mol. The van der Waals surface area contributed by atoms with Crippen molar-refractivity contribution in [2.45, 2.75) is 0 Å². The monoisotopic (exact) mass is 624 g/mol. The average molecular weight is 625 g/mol. The quantitative estimate of drug-likeness (QED) is 0.183. The van der Waals surface area contributed by atoms with Gasteiger partial charge in [-0.25, -0.2) is 15.0 Å². The second-order valence-electron chi connectivity index (χ2n) is 12.4. The predicted octanol–water partition coefficient (Wildman–Crippen LogP) is 11.4. The van der Waals surface area contributed by atoms with Crippen molar-refractivity contribution in [1.29, 1.82) is 0 Å². The highest BCUT2D eigenvalue weighted by atomic mass is 15.0. The molecule has 0 radical (unpaired) electrons. The lowest BCUT2D eigenvalue weighted by atomic mass is 9.95. The topological polar surface area (TPSA) is 43.6 Å². The van der Waals surface area contributed by atoms with Gasteiger partial charge in [0.1, 0.15) is 0 Å². The van der Waals surface area contributed by atoms with Crippen LogP contribution in [0.5, 0.6) is 0 Å². The molecule has 228 valence electrons. The van der Waals surface area contributed by atoms with Gasteiger partial charge in [0.25, 0.3) is 0 Å². The maximum Gasteiger partial charge on any atom is 0.160 e. The van der Waals surface area contributed by atoms with E-state index < -0.39 is 0 Å². The molecule has 0 saturated heterocycles. The Hall–Kier alpha value is -6.65. The Labute approximate surface area is 282 Å². The first kappa shape index (κ1) is 27.5. The van der Waals surface area contributed by atoms with E-state index in [2.05, 4.69) is 144 Å². The number of hydrogen-bond donors (Lipinski definition) is 0. The molecule has 3 heterocycles. The van der Waals surface area contributed by atoms with Crippen LogP contribution in [0.2, 0.25) is 0 Å². The van der Waals surface area contributed by atoms with E-state index in [9.17, 15) is 0 Å². The van der Waals surface area contributed by atoms with Crippen molar-refractivity contribution < 1.29 is 0 Å². The summed E-state index contributed by atoms with van der Waals surface area (Å²) in [6, 6.07) is 59.5. The Balaban J connectivity index is 1.20. The summed E-state index contributed by atoms with van der Waals surface area (Å²) in [7, 11) is 0. The lowest BCUT2D eigenvalue weighted by molar-refractivity contribution is 1.18. The van der Waals surface area contributed by atoms with E-state index in [0.29, 0.717) is 0 Å². The van der Waals surface area contributed by atoms with Gasteiger partial charge in [-0.15, -0.1) is 0 Å². The summed E-state index contributed by atoms with van der Waals surface area (Å²) < 4.78 is 2.38. The van der Waals surface area contributed by atoms with E-state index in [1.54, 1.807) is 0 Å². The Morgan fingerprint density at radius 3 is 1.63 bits per heavy atom. The fraction of sp³-hybridized carbons (Fsp3) is 0. The third-order valence-electron chi connectivity index (χ3n) is 9.58. The van der Waals surface area contributed by atoms with E-state index in [1.165, 1.54) is 27.2 Å². The van der Waals surface area contributed by atoms with E-state index in [-0.39, 0.29) is 0 Å². The zero-order chi connectivity index (χ0) is 32.3. The summed E-state index contributed by atoms with van der Waals surface area (Å²) in [5, 5.41) is 7.02. The molecule has 0 aliphatic rings. The van der Waals surface area contributed by atoms with Crippen LogP contribution in [-0.4, -0.2) is 19.5 Å². The van der Waals surface area contributed by atoms with Crippen LogP contribution in [0.15, 0.2) is 170 Å². The van der Waals surface area contributed by atoms with Crippen LogP contribution in [0.3, 0.4) is 0 Å². The van der Waals surface area contributed by atoms with Gasteiger partial charge in [0.2, 0.25) is 0 Å². The molecule has 0 bridgehead atoms. The second-order valence-corrected chi connectivity index (χ2v) is 12.4. The number of benzene rings is 7. The van der Waals surface area contributed by atoms with Crippen LogP contribution in [0.1, 0.15) is 0 Å². The molecular formula is C45H28N4. The summed E-state index contributed by atoms with van der Waals surface area (Å²) in [4.78, 5) is 15.3. The van der Waals surface area contributed by atoms with Crippen molar-refractivity contribution in [3.63, 3.8) is 0 Å². The van der Waals surface area contributed by atoms with Gasteiger partial charge in [-0.1, -0.05) is 133 Å². The van der Waals surface area contributed by atoms with Crippen LogP contribution in [-0.2, 0) is 0 Å². The molecule has 0 amide bonds. The normalized spacial score (nSPS) is 11.7. The molecule has 0 aliphatic carbocycles. The zero-order valence-electron chi connectivity index (χ0n) is 26.5. The molecule has 0 atom stereocenters. The first-order chi connectivity index (χ1) is 24.3. The smallest absolute Gasteiger partial charge is 0.160 e. The third kappa shape index (κ3) is 4.35. The lowest BCUT2D eigenvalue weighted by Gasteiger charge is -2.13. The Kier molecular flexibility index (Phi) is 6.15. The maximum atomic E-state index is 5.30. The van der Waals surface area contributed by atoms with E-state index in [4.69, 9.17) is 15.0 Å². The molecule has 0 N–H and O–H groups in total. The molecular weight excluding hydrogens is 597 g/mol. The van der Waals surface area contributed by atoms with Gasteiger partial charge in [0.05, 0.1) is 33.5 Å². The molecule has 7 aromatic carbocycles. The van der Waals surface area contributed by atoms with Crippen molar-refractivity contribution in [2.75, 3.05) is 0 Å². The van der Waals surface area contributed by atoms with Crippen molar-refractivity contribution in [3.05, 3.63) is 170 Å². The highest BCUT2D eigenvalue weighted by Crippen LogP contribution is 2.42. The number of nitrogens with zero attached hydrogens (tertiary/aromatic N) is 4. The molecule has 0 unspecified atom stereocenters. The number of pyridine rings is 1. The minimum atomic E-state index is 0.722. The Morgan fingerprint density at radius 2 is 0.898 bits per heavy atom. The van der Waals surface area contributed by atoms with Crippen molar-refractivity contribution in [1.82, 2.24) is 19.5 Å². The standard InChI is InChI=1S/C45H28N4/c1-3-13-31(14-4-1)45-47-38-21-11-8-18-34(38)43(48-45)29-23-25-30(26-24-29)44-36-27-28-40-42(41(36)33-17-7-10-20-37(33)46-44)35-19-9-12-22-39(35)49(40)32-15-5-2-6-16-32/h1-28H. The highest BCUT2D eigenvalue weighted by Gasteiger charge is 2.19. The van der Waals surface area contributed by atoms with Crippen LogP contribution >= 0.6 is 0 Å². The largest absolute Gasteiger partial charge is 0.309 e. The summed E-state index contributed by atoms with van der Waals surface area (Å²) in [6.45, 7) is 0. The van der Waals surface area contributed by atoms with Gasteiger partial charge >= 0.3 is 0 Å². The van der Waals surface area contributed by atoms with Crippen LogP contribution in [0.25, 0.3) is 94.0 Å². The Bertz CT molecular complexity index is 2860. The van der Waals surface area contributed by atoms with Crippen LogP contribution < -0.4 is 0 Å². The maximum absolute atomic E-state index is 5.30. The summed E-state index contributed by atoms with van der Waals surface area (Å²) >= 11 is 0. The summed E-state index contributed by atoms with van der Waals surface area (Å²) in [5.41, 5.74) is 10.4. The molecule has 49 heavy (non-hydrogen) atoms. The fourth-order valence-corrected chi connectivity index (χ4v) is 7.37. The van der Waals surface area contributed by atoms with Crippen molar-refractivity contribution in [2.24, 2.45) is 0 Å². The lowest BCUT2D eigenvalue weighted by Crippen LogP contribution is -1.95. The van der Waals surface area contributed by atoms with Gasteiger partial charge in [0.15, 0.2) is 5.82 Å². The Morgan fingerprint density at radius 1 is 0.327 bits per heavy atom. The second kappa shape index (κ2) is 11.0. The van der Waals surface area contributed by atoms with Gasteiger partial charge < -0.3 is 4.57 Å². The van der Waals surface area contributed by atoms with Crippen LogP contribution in [0.4, 0.5) is 0 Å². The minimum Gasteiger partial charge on any atom is -0.309 e. The van der Waals surface area contributed by atoms with E-state index in [0.717, 1.165) is 66.8 Å². The van der Waals surface area contributed by atoms with Crippen molar-refractivity contribution in [3.8, 4) is 39.6 Å². The fourth-order valence-electron chi connectivity index (χ4n) is 7.37. The molecule has 0 fully saturated rings. The number of rotatable bonds is 4. The first-order valence-corrected chi connectivity index (χ1v) is 16.5. The van der Waals surface area contributed by atoms with Gasteiger partial charge in [-0.3, -0.25) is 0 Å². The summed E-state index contributed by atoms with van der Waals surface area (Å²) in [5.74, 6) is 0.722. The average Bonchev–Trinajstić information content (AvgIpc) is 3.52. The number of fused-ring (bicyclic) bond motifs is 8. The minimum absolute atomic E-state index is 0.722. The molecule has 3 aromatic heterocycles. The third-order valence-corrected chi connectivity index (χ3v) is 9.58. The van der Waals surface area contributed by atoms with Gasteiger partial charge in [-0.05, 0) is 36.4 Å². The van der Waals surface area contributed by atoms with Crippen molar-refractivity contribution >= 4 is 54.4 Å². The van der Waals surface area contributed by atoms with Gasteiger partial charge in [0, 0.05) is 54.7 Å². The number of aromatic nitrogens is 4. The molecule has 10 rings (SSSR count).